The summed E-state index contributed by atoms with van der Waals surface area (Å²) in [7, 11) is 0. The Kier molecular flexibility index (Phi) is 13.7. The first-order valence-corrected chi connectivity index (χ1v) is 35.6. The number of aromatic nitrogens is 12. The molecule has 12 aromatic heterocycles. The highest BCUT2D eigenvalue weighted by Gasteiger charge is 2.31. The summed E-state index contributed by atoms with van der Waals surface area (Å²) in [4.78, 5) is 63.0. The van der Waals surface area contributed by atoms with Crippen LogP contribution in [0.3, 0.4) is 0 Å². The van der Waals surface area contributed by atoms with Crippen LogP contribution in [-0.4, -0.2) is 59.8 Å². The molecular formula is C78H42N12S6. The highest BCUT2D eigenvalue weighted by molar-refractivity contribution is 7.23. The third-order valence-corrected chi connectivity index (χ3v) is 23.2. The number of rotatable bonds is 12. The highest BCUT2D eigenvalue weighted by atomic mass is 32.1. The first-order chi connectivity index (χ1) is 47.5. The van der Waals surface area contributed by atoms with E-state index in [1.54, 1.807) is 74.2 Å². The van der Waals surface area contributed by atoms with Crippen LogP contribution in [0.1, 0.15) is 0 Å². The Morgan fingerprint density at radius 3 is 0.615 bits per heavy atom. The van der Waals surface area contributed by atoms with Gasteiger partial charge < -0.3 is 0 Å². The summed E-state index contributed by atoms with van der Waals surface area (Å²) in [6.45, 7) is 0. The van der Waals surface area contributed by atoms with Crippen LogP contribution in [-0.2, 0) is 0 Å². The number of hydrogen-bond donors (Lipinski definition) is 0. The number of thiazole rings is 6. The lowest BCUT2D eigenvalue weighted by Gasteiger charge is -2.29. The van der Waals surface area contributed by atoms with E-state index in [1.807, 2.05) is 104 Å². The van der Waals surface area contributed by atoms with Gasteiger partial charge in [-0.3, -0.25) is 4.98 Å². The number of pyridine rings is 6. The summed E-state index contributed by atoms with van der Waals surface area (Å²) < 4.78 is 1.03. The zero-order chi connectivity index (χ0) is 63.2. The van der Waals surface area contributed by atoms with Crippen LogP contribution in [0.15, 0.2) is 256 Å². The van der Waals surface area contributed by atoms with Crippen molar-refractivity contribution in [2.24, 2.45) is 0 Å². The molecule has 0 N–H and O–H groups in total. The van der Waals surface area contributed by atoms with Crippen molar-refractivity contribution in [3.05, 3.63) is 256 Å². The second kappa shape index (κ2) is 23.4. The SMILES string of the molecule is c1cnc2sc(-c3ccc(-c4c(-c5ccc(-c6nc7ccncc7s6)cc5)c(-c5ccc(-c6nc7cccnc7s6)cc5)c(-c5ccc(-c6nc7cccnc7s6)cc5)c(-c5ccc(-c6nc7cccnc7s6)cc5)c4-c4ccc(-c5nc6cccnc6s5)cc4)cc3)nc2c1. The molecule has 19 rings (SSSR count). The Bertz CT molecular complexity index is 5000. The van der Waals surface area contributed by atoms with Gasteiger partial charge in [-0.05, 0) is 133 Å². The lowest BCUT2D eigenvalue weighted by Crippen LogP contribution is -2.02. The van der Waals surface area contributed by atoms with Crippen LogP contribution in [0.5, 0.6) is 0 Å². The third kappa shape index (κ3) is 10.0. The molecule has 96 heavy (non-hydrogen) atoms. The van der Waals surface area contributed by atoms with Gasteiger partial charge in [0.2, 0.25) is 0 Å². The Balaban J connectivity index is 0.925. The van der Waals surface area contributed by atoms with Crippen LogP contribution in [0.2, 0.25) is 0 Å². The second-order valence-corrected chi connectivity index (χ2v) is 28.7. The predicted molar refractivity (Wildman–Crippen MR) is 398 cm³/mol. The monoisotopic (exact) mass is 1340 g/mol. The topological polar surface area (TPSA) is 155 Å². The lowest BCUT2D eigenvalue weighted by atomic mass is 9.74. The number of fused-ring (bicyclic) bond motifs is 6. The van der Waals surface area contributed by atoms with Crippen molar-refractivity contribution in [2.45, 2.75) is 0 Å². The fourth-order valence-corrected chi connectivity index (χ4v) is 18.0. The van der Waals surface area contributed by atoms with Crippen LogP contribution in [0.4, 0.5) is 0 Å². The molecule has 12 nitrogen and oxygen atoms in total. The summed E-state index contributed by atoms with van der Waals surface area (Å²) in [6.07, 6.45) is 12.8. The molecule has 12 heterocycles. The van der Waals surface area contributed by atoms with Gasteiger partial charge in [0.25, 0.3) is 0 Å². The van der Waals surface area contributed by atoms with Crippen LogP contribution in [0.25, 0.3) is 192 Å². The Hall–Kier alpha value is -11.2. The third-order valence-electron chi connectivity index (χ3n) is 17.0. The van der Waals surface area contributed by atoms with Crippen LogP contribution < -0.4 is 0 Å². The summed E-state index contributed by atoms with van der Waals surface area (Å²) in [6, 6.07) is 75.6. The fourth-order valence-electron chi connectivity index (χ4n) is 12.5. The molecule has 0 saturated carbocycles. The summed E-state index contributed by atoms with van der Waals surface area (Å²) in [5.41, 5.74) is 23.6. The Morgan fingerprint density at radius 2 is 0.396 bits per heavy atom. The molecule has 18 heteroatoms. The van der Waals surface area contributed by atoms with E-state index in [-0.39, 0.29) is 0 Å². The van der Waals surface area contributed by atoms with E-state index in [9.17, 15) is 0 Å². The average molecular weight is 1340 g/mol. The van der Waals surface area contributed by atoms with E-state index >= 15 is 0 Å². The number of nitrogens with zero attached hydrogens (tertiary/aromatic N) is 12. The van der Waals surface area contributed by atoms with Crippen molar-refractivity contribution >= 4 is 130 Å². The minimum absolute atomic E-state index is 0.870. The van der Waals surface area contributed by atoms with Gasteiger partial charge in [-0.25, -0.2) is 54.8 Å². The van der Waals surface area contributed by atoms with E-state index in [1.165, 1.54) is 0 Å². The highest BCUT2D eigenvalue weighted by Crippen LogP contribution is 2.57. The zero-order valence-electron chi connectivity index (χ0n) is 50.1. The van der Waals surface area contributed by atoms with Gasteiger partial charge in [0.15, 0.2) is 0 Å². The van der Waals surface area contributed by atoms with Crippen LogP contribution >= 0.6 is 68.0 Å². The second-order valence-electron chi connectivity index (χ2n) is 22.8. The van der Waals surface area contributed by atoms with E-state index in [2.05, 4.69) is 175 Å². The van der Waals surface area contributed by atoms with E-state index in [4.69, 9.17) is 29.9 Å². The van der Waals surface area contributed by atoms with Gasteiger partial charge in [-0.1, -0.05) is 202 Å². The molecule has 0 saturated heterocycles. The van der Waals surface area contributed by atoms with Gasteiger partial charge in [0.1, 0.15) is 81.8 Å². The molecular weight excluding hydrogens is 1300 g/mol. The quantitative estimate of drug-likeness (QED) is 0.114. The standard InChI is InChI=1S/C78H42N12S6/c1-6-56-74(80-36-1)92-69(86-56)50-25-13-44(14-26-50)63-62(43-11-23-49(24-12-43)68-85-55-35-41-79-42-61(55)91-68)64(45-15-27-51(28-16-45)70-87-57-7-2-37-81-75(57)93-70)66(47-19-31-53(32-20-47)72-89-59-9-4-39-83-77(59)95-72)67(48-21-33-54(34-22-48)73-90-60-10-5-40-84-78(60)96-73)65(63)46-17-29-52(30-18-46)71-88-58-8-3-38-82-76(58)94-71/h1-42H. The normalized spacial score (nSPS) is 11.8. The molecule has 0 aliphatic heterocycles. The molecule has 7 aromatic carbocycles. The molecule has 0 atom stereocenters. The van der Waals surface area contributed by atoms with Gasteiger partial charge in [0.05, 0.1) is 10.2 Å². The Morgan fingerprint density at radius 1 is 0.188 bits per heavy atom. The molecule has 0 radical (unpaired) electrons. The van der Waals surface area contributed by atoms with Crippen molar-refractivity contribution in [2.75, 3.05) is 0 Å². The molecule has 0 spiro atoms. The smallest absolute Gasteiger partial charge is 0.143 e. The molecule has 19 aromatic rings. The van der Waals surface area contributed by atoms with Gasteiger partial charge in [-0.15, -0.1) is 11.3 Å². The molecule has 0 bridgehead atoms. The molecule has 0 fully saturated rings. The average Bonchev–Trinajstić information content (AvgIpc) is 1.15. The van der Waals surface area contributed by atoms with Gasteiger partial charge >= 0.3 is 0 Å². The number of hydrogen-bond acceptors (Lipinski definition) is 18. The molecule has 0 unspecified atom stereocenters. The molecule has 0 amide bonds. The lowest BCUT2D eigenvalue weighted by molar-refractivity contribution is 1.36. The maximum absolute atomic E-state index is 5.12. The van der Waals surface area contributed by atoms with E-state index in [0.29, 0.717) is 0 Å². The van der Waals surface area contributed by atoms with Crippen molar-refractivity contribution in [3.63, 3.8) is 0 Å². The summed E-state index contributed by atoms with van der Waals surface area (Å²) in [5, 5.41) is 5.40. The first kappa shape index (κ1) is 56.3. The molecule has 0 aliphatic carbocycles. The first-order valence-electron chi connectivity index (χ1n) is 30.7. The molecule has 0 aliphatic rings. The predicted octanol–water partition coefficient (Wildman–Crippen LogP) is 21.7. The summed E-state index contributed by atoms with van der Waals surface area (Å²) >= 11 is 9.62. The minimum Gasteiger partial charge on any atom is -0.263 e. The van der Waals surface area contributed by atoms with E-state index in [0.717, 1.165) is 192 Å². The van der Waals surface area contributed by atoms with Gasteiger partial charge in [0, 0.05) is 76.8 Å². The fraction of sp³-hybridized carbons (Fsp3) is 0. The Labute approximate surface area is 571 Å². The number of benzene rings is 7. The molecule has 450 valence electrons. The maximum atomic E-state index is 5.12. The largest absolute Gasteiger partial charge is 0.263 e. The van der Waals surface area contributed by atoms with Crippen molar-refractivity contribution in [1.29, 1.82) is 0 Å². The zero-order valence-corrected chi connectivity index (χ0v) is 55.0. The summed E-state index contributed by atoms with van der Waals surface area (Å²) in [5.74, 6) is 0. The van der Waals surface area contributed by atoms with Crippen molar-refractivity contribution in [3.8, 4) is 130 Å². The van der Waals surface area contributed by atoms with Crippen molar-refractivity contribution in [1.82, 2.24) is 59.8 Å². The minimum atomic E-state index is 0.870. The van der Waals surface area contributed by atoms with Crippen LogP contribution in [0, 0.1) is 0 Å². The van der Waals surface area contributed by atoms with Gasteiger partial charge in [-0.2, -0.15) is 0 Å². The van der Waals surface area contributed by atoms with Crippen molar-refractivity contribution < 1.29 is 0 Å². The maximum Gasteiger partial charge on any atom is 0.143 e. The van der Waals surface area contributed by atoms with E-state index < -0.39 is 0 Å².